The second-order valence-corrected chi connectivity index (χ2v) is 7.16. The molecule has 2 N–H and O–H groups in total. The zero-order valence-corrected chi connectivity index (χ0v) is 12.3. The average molecular weight is 303 g/mol. The number of rotatable bonds is 5. The van der Waals surface area contributed by atoms with Crippen LogP contribution < -0.4 is 10.0 Å². The van der Waals surface area contributed by atoms with Gasteiger partial charge in [0.2, 0.25) is 10.0 Å². The highest BCUT2D eigenvalue weighted by molar-refractivity contribution is 7.89. The lowest BCUT2D eigenvalue weighted by Gasteiger charge is -2.23. The molecule has 6 heteroatoms. The van der Waals surface area contributed by atoms with E-state index in [0.717, 1.165) is 31.4 Å². The summed E-state index contributed by atoms with van der Waals surface area (Å²) in [5.41, 5.74) is 0.907. The minimum absolute atomic E-state index is 0.0801. The van der Waals surface area contributed by atoms with Crippen molar-refractivity contribution in [2.45, 2.75) is 31.8 Å². The van der Waals surface area contributed by atoms with Gasteiger partial charge in [0.15, 0.2) is 0 Å². The molecule has 1 aliphatic heterocycles. The van der Waals surface area contributed by atoms with Crippen molar-refractivity contribution >= 4 is 21.6 Å². The van der Waals surface area contributed by atoms with Crippen molar-refractivity contribution in [1.29, 1.82) is 0 Å². The molecule has 1 fully saturated rings. The second-order valence-electron chi connectivity index (χ2n) is 4.88. The van der Waals surface area contributed by atoms with Crippen LogP contribution in [0.4, 0.5) is 0 Å². The summed E-state index contributed by atoms with van der Waals surface area (Å²) in [5, 5.41) is 3.90. The standard InChI is InChI=1S/C13H19ClN2O2S/c14-12-6-4-11(5-7-12)9-16-19(17,18)10-13-3-1-2-8-15-13/h4-7,13,15-16H,1-3,8-10H2. The first-order chi connectivity index (χ1) is 9.05. The van der Waals surface area contributed by atoms with Crippen molar-refractivity contribution in [2.75, 3.05) is 12.3 Å². The average Bonchev–Trinajstić information content (AvgIpc) is 2.39. The molecule has 1 saturated heterocycles. The van der Waals surface area contributed by atoms with Crippen molar-refractivity contribution in [3.05, 3.63) is 34.9 Å². The van der Waals surface area contributed by atoms with Gasteiger partial charge in [0.05, 0.1) is 5.75 Å². The summed E-state index contributed by atoms with van der Waals surface area (Å²) in [4.78, 5) is 0. The van der Waals surface area contributed by atoms with Gasteiger partial charge in [0.1, 0.15) is 0 Å². The molecule has 0 aromatic heterocycles. The molecule has 0 radical (unpaired) electrons. The van der Waals surface area contributed by atoms with Gasteiger partial charge in [-0.05, 0) is 37.1 Å². The predicted octanol–water partition coefficient (Wildman–Crippen LogP) is 1.90. The van der Waals surface area contributed by atoms with Gasteiger partial charge >= 0.3 is 0 Å². The molecule has 1 unspecified atom stereocenters. The maximum Gasteiger partial charge on any atom is 0.213 e. The van der Waals surface area contributed by atoms with Gasteiger partial charge in [0.25, 0.3) is 0 Å². The van der Waals surface area contributed by atoms with E-state index in [1.165, 1.54) is 0 Å². The molecule has 1 aromatic carbocycles. The minimum atomic E-state index is -3.24. The summed E-state index contributed by atoms with van der Waals surface area (Å²) < 4.78 is 26.6. The summed E-state index contributed by atoms with van der Waals surface area (Å²) in [6.07, 6.45) is 3.17. The third kappa shape index (κ3) is 5.10. The summed E-state index contributed by atoms with van der Waals surface area (Å²) in [7, 11) is -3.24. The molecule has 1 aliphatic rings. The van der Waals surface area contributed by atoms with Gasteiger partial charge < -0.3 is 5.32 Å². The van der Waals surface area contributed by atoms with Crippen LogP contribution in [0.5, 0.6) is 0 Å². The van der Waals surface area contributed by atoms with E-state index in [1.807, 2.05) is 12.1 Å². The van der Waals surface area contributed by atoms with Gasteiger partial charge in [-0.15, -0.1) is 0 Å². The Kier molecular flexibility index (Phi) is 5.21. The van der Waals surface area contributed by atoms with Crippen LogP contribution in [0.3, 0.4) is 0 Å². The molecule has 1 atom stereocenters. The summed E-state index contributed by atoms with van der Waals surface area (Å²) in [6.45, 7) is 1.23. The fraction of sp³-hybridized carbons (Fsp3) is 0.538. The van der Waals surface area contributed by atoms with Crippen LogP contribution in [-0.2, 0) is 16.6 Å². The van der Waals surface area contributed by atoms with Crippen molar-refractivity contribution < 1.29 is 8.42 Å². The molecule has 0 amide bonds. The SMILES string of the molecule is O=S(=O)(CC1CCCCN1)NCc1ccc(Cl)cc1. The molecule has 0 aliphatic carbocycles. The Bertz CT molecular complexity index is 496. The minimum Gasteiger partial charge on any atom is -0.313 e. The monoisotopic (exact) mass is 302 g/mol. The van der Waals surface area contributed by atoms with Crippen LogP contribution >= 0.6 is 11.6 Å². The zero-order chi connectivity index (χ0) is 13.7. The Morgan fingerprint density at radius 3 is 2.63 bits per heavy atom. The summed E-state index contributed by atoms with van der Waals surface area (Å²) >= 11 is 5.78. The number of halogens is 1. The van der Waals surface area contributed by atoms with E-state index in [9.17, 15) is 8.42 Å². The molecule has 19 heavy (non-hydrogen) atoms. The quantitative estimate of drug-likeness (QED) is 0.873. The number of piperidine rings is 1. The van der Waals surface area contributed by atoms with Gasteiger partial charge in [-0.3, -0.25) is 0 Å². The van der Waals surface area contributed by atoms with Crippen LogP contribution in [0.2, 0.25) is 5.02 Å². The molecule has 0 saturated carbocycles. The van der Waals surface area contributed by atoms with E-state index < -0.39 is 10.0 Å². The van der Waals surface area contributed by atoms with E-state index in [1.54, 1.807) is 12.1 Å². The summed E-state index contributed by atoms with van der Waals surface area (Å²) in [5.74, 6) is 0.153. The maximum atomic E-state index is 12.0. The maximum absolute atomic E-state index is 12.0. The number of nitrogens with one attached hydrogen (secondary N) is 2. The normalized spacial score (nSPS) is 20.4. The van der Waals surface area contributed by atoms with Crippen LogP contribution in [0.15, 0.2) is 24.3 Å². The van der Waals surface area contributed by atoms with Crippen molar-refractivity contribution in [3.63, 3.8) is 0 Å². The largest absolute Gasteiger partial charge is 0.313 e. The molecule has 1 heterocycles. The second kappa shape index (κ2) is 6.70. The topological polar surface area (TPSA) is 58.2 Å². The number of sulfonamides is 1. The Labute approximate surface area is 119 Å². The molecule has 0 bridgehead atoms. The van der Waals surface area contributed by atoms with Crippen LogP contribution in [-0.4, -0.2) is 26.8 Å². The fourth-order valence-electron chi connectivity index (χ4n) is 2.19. The highest BCUT2D eigenvalue weighted by atomic mass is 35.5. The van der Waals surface area contributed by atoms with Gasteiger partial charge in [0, 0.05) is 17.6 Å². The highest BCUT2D eigenvalue weighted by Crippen LogP contribution is 2.11. The predicted molar refractivity (Wildman–Crippen MR) is 77.7 cm³/mol. The van der Waals surface area contributed by atoms with E-state index in [0.29, 0.717) is 11.6 Å². The molecule has 0 spiro atoms. The lowest BCUT2D eigenvalue weighted by atomic mass is 10.1. The van der Waals surface area contributed by atoms with E-state index in [-0.39, 0.29) is 11.8 Å². The molecule has 2 rings (SSSR count). The van der Waals surface area contributed by atoms with Gasteiger partial charge in [-0.2, -0.15) is 0 Å². The van der Waals surface area contributed by atoms with Gasteiger partial charge in [-0.25, -0.2) is 13.1 Å². The van der Waals surface area contributed by atoms with E-state index in [4.69, 9.17) is 11.6 Å². The molecule has 4 nitrogen and oxygen atoms in total. The first kappa shape index (κ1) is 14.8. The first-order valence-corrected chi connectivity index (χ1v) is 8.53. The van der Waals surface area contributed by atoms with E-state index >= 15 is 0 Å². The van der Waals surface area contributed by atoms with Crippen molar-refractivity contribution in [1.82, 2.24) is 10.0 Å². The molecular weight excluding hydrogens is 284 g/mol. The van der Waals surface area contributed by atoms with Crippen molar-refractivity contribution in [3.8, 4) is 0 Å². The Morgan fingerprint density at radius 1 is 1.26 bits per heavy atom. The van der Waals surface area contributed by atoms with Crippen LogP contribution in [0.25, 0.3) is 0 Å². The fourth-order valence-corrected chi connectivity index (χ4v) is 3.63. The lowest BCUT2D eigenvalue weighted by molar-refractivity contribution is 0.422. The Hall–Kier alpha value is -0.620. The molecule has 106 valence electrons. The number of benzene rings is 1. The number of hydrogen-bond donors (Lipinski definition) is 2. The van der Waals surface area contributed by atoms with E-state index in [2.05, 4.69) is 10.0 Å². The van der Waals surface area contributed by atoms with Crippen LogP contribution in [0, 0.1) is 0 Å². The third-order valence-corrected chi connectivity index (χ3v) is 4.92. The third-order valence-electron chi connectivity index (χ3n) is 3.24. The molecule has 1 aromatic rings. The Balaban J connectivity index is 1.84. The number of hydrogen-bond acceptors (Lipinski definition) is 3. The highest BCUT2D eigenvalue weighted by Gasteiger charge is 2.20. The first-order valence-electron chi connectivity index (χ1n) is 6.50. The smallest absolute Gasteiger partial charge is 0.213 e. The Morgan fingerprint density at radius 2 is 2.00 bits per heavy atom. The lowest BCUT2D eigenvalue weighted by Crippen LogP contribution is -2.42. The van der Waals surface area contributed by atoms with Crippen molar-refractivity contribution in [2.24, 2.45) is 0 Å². The summed E-state index contributed by atoms with van der Waals surface area (Å²) in [6, 6.07) is 7.24. The zero-order valence-electron chi connectivity index (χ0n) is 10.7. The van der Waals surface area contributed by atoms with Crippen LogP contribution in [0.1, 0.15) is 24.8 Å². The molecular formula is C13H19ClN2O2S. The van der Waals surface area contributed by atoms with Gasteiger partial charge in [-0.1, -0.05) is 30.2 Å².